The maximum absolute atomic E-state index is 9.86. The summed E-state index contributed by atoms with van der Waals surface area (Å²) in [7, 11) is 0. The molecule has 2 unspecified atom stereocenters. The summed E-state index contributed by atoms with van der Waals surface area (Å²) in [5, 5.41) is 23.6. The third-order valence-corrected chi connectivity index (χ3v) is 3.08. The van der Waals surface area contributed by atoms with E-state index in [1.54, 1.807) is 12.1 Å². The SMILES string of the molecule is [N-]=[N+]=NCCC(O)C(O)c1ccc(CBr)cc1. The molecule has 0 aromatic heterocycles. The smallest absolute Gasteiger partial charge is 0.105 e. The first-order valence-electron chi connectivity index (χ1n) is 5.21. The highest BCUT2D eigenvalue weighted by Gasteiger charge is 2.17. The van der Waals surface area contributed by atoms with Gasteiger partial charge in [-0.2, -0.15) is 0 Å². The van der Waals surface area contributed by atoms with E-state index in [0.29, 0.717) is 5.56 Å². The van der Waals surface area contributed by atoms with Crippen LogP contribution < -0.4 is 0 Å². The molecule has 6 heteroatoms. The summed E-state index contributed by atoms with van der Waals surface area (Å²) < 4.78 is 0. The van der Waals surface area contributed by atoms with Crippen molar-refractivity contribution >= 4 is 15.9 Å². The monoisotopic (exact) mass is 299 g/mol. The summed E-state index contributed by atoms with van der Waals surface area (Å²) in [6.45, 7) is 0.175. The molecule has 0 heterocycles. The summed E-state index contributed by atoms with van der Waals surface area (Å²) in [4.78, 5) is 2.59. The van der Waals surface area contributed by atoms with Crippen LogP contribution in [0.3, 0.4) is 0 Å². The Morgan fingerprint density at radius 3 is 2.47 bits per heavy atom. The van der Waals surface area contributed by atoms with Gasteiger partial charge in [-0.1, -0.05) is 45.3 Å². The van der Waals surface area contributed by atoms with Gasteiger partial charge in [-0.25, -0.2) is 0 Å². The Hall–Kier alpha value is -1.07. The van der Waals surface area contributed by atoms with E-state index < -0.39 is 12.2 Å². The van der Waals surface area contributed by atoms with E-state index in [-0.39, 0.29) is 13.0 Å². The molecule has 0 spiro atoms. The number of benzene rings is 1. The maximum Gasteiger partial charge on any atom is 0.105 e. The number of hydrogen-bond acceptors (Lipinski definition) is 3. The third-order valence-electron chi connectivity index (χ3n) is 2.43. The molecule has 0 radical (unpaired) electrons. The Morgan fingerprint density at radius 1 is 1.29 bits per heavy atom. The van der Waals surface area contributed by atoms with Crippen LogP contribution in [-0.4, -0.2) is 22.9 Å². The maximum atomic E-state index is 9.86. The molecule has 1 aromatic carbocycles. The van der Waals surface area contributed by atoms with E-state index >= 15 is 0 Å². The predicted octanol–water partition coefficient (Wildman–Crippen LogP) is 2.68. The number of rotatable bonds is 6. The lowest BCUT2D eigenvalue weighted by molar-refractivity contribution is 0.0150. The van der Waals surface area contributed by atoms with Crippen LogP contribution >= 0.6 is 15.9 Å². The van der Waals surface area contributed by atoms with Gasteiger partial charge in [0.1, 0.15) is 6.10 Å². The Morgan fingerprint density at radius 2 is 1.94 bits per heavy atom. The van der Waals surface area contributed by atoms with Crippen LogP contribution in [-0.2, 0) is 5.33 Å². The molecular weight excluding hydrogens is 286 g/mol. The van der Waals surface area contributed by atoms with Crippen molar-refractivity contribution in [2.24, 2.45) is 5.11 Å². The standard InChI is InChI=1S/C11H14BrN3O2/c12-7-8-1-3-9(4-2-8)11(17)10(16)5-6-14-15-13/h1-4,10-11,16-17H,5-7H2. The van der Waals surface area contributed by atoms with Crippen molar-refractivity contribution < 1.29 is 10.2 Å². The molecular formula is C11H14BrN3O2. The lowest BCUT2D eigenvalue weighted by Crippen LogP contribution is -2.19. The highest BCUT2D eigenvalue weighted by Crippen LogP contribution is 2.20. The summed E-state index contributed by atoms with van der Waals surface area (Å²) in [5.74, 6) is 0. The van der Waals surface area contributed by atoms with Crippen LogP contribution in [0.1, 0.15) is 23.7 Å². The Labute approximate surface area is 108 Å². The first-order valence-corrected chi connectivity index (χ1v) is 6.33. The van der Waals surface area contributed by atoms with Gasteiger partial charge in [0.2, 0.25) is 0 Å². The second-order valence-corrected chi connectivity index (χ2v) is 4.19. The van der Waals surface area contributed by atoms with Gasteiger partial charge in [0, 0.05) is 16.8 Å². The number of aliphatic hydroxyl groups is 2. The van der Waals surface area contributed by atoms with Crippen molar-refractivity contribution in [3.8, 4) is 0 Å². The number of azide groups is 1. The summed E-state index contributed by atoms with van der Waals surface area (Å²) in [5.41, 5.74) is 9.86. The molecule has 0 amide bonds. The van der Waals surface area contributed by atoms with Crippen molar-refractivity contribution in [2.45, 2.75) is 24.0 Å². The highest BCUT2D eigenvalue weighted by molar-refractivity contribution is 9.08. The summed E-state index contributed by atoms with van der Waals surface area (Å²) >= 11 is 3.33. The van der Waals surface area contributed by atoms with E-state index in [9.17, 15) is 10.2 Å². The molecule has 2 N–H and O–H groups in total. The summed E-state index contributed by atoms with van der Waals surface area (Å²) in [6.07, 6.45) is -1.63. The zero-order valence-corrected chi connectivity index (χ0v) is 10.8. The van der Waals surface area contributed by atoms with Gasteiger partial charge in [0.15, 0.2) is 0 Å². The first-order chi connectivity index (χ1) is 8.19. The first kappa shape index (κ1) is 14.0. The van der Waals surface area contributed by atoms with Crippen LogP contribution in [0.25, 0.3) is 10.4 Å². The number of hydrogen-bond donors (Lipinski definition) is 2. The molecule has 1 rings (SSSR count). The quantitative estimate of drug-likeness (QED) is 0.366. The molecule has 0 fully saturated rings. The average Bonchev–Trinajstić information content (AvgIpc) is 2.38. The molecule has 5 nitrogen and oxygen atoms in total. The van der Waals surface area contributed by atoms with Crippen LogP contribution in [0.5, 0.6) is 0 Å². The minimum absolute atomic E-state index is 0.175. The van der Waals surface area contributed by atoms with E-state index in [1.165, 1.54) is 0 Å². The number of alkyl halides is 1. The van der Waals surface area contributed by atoms with Gasteiger partial charge >= 0.3 is 0 Å². The van der Waals surface area contributed by atoms with Crippen LogP contribution in [0.4, 0.5) is 0 Å². The lowest BCUT2D eigenvalue weighted by atomic mass is 10.0. The van der Waals surface area contributed by atoms with Crippen LogP contribution in [0.2, 0.25) is 0 Å². The van der Waals surface area contributed by atoms with Gasteiger partial charge in [-0.05, 0) is 23.1 Å². The molecule has 0 aliphatic rings. The molecule has 0 saturated carbocycles. The highest BCUT2D eigenvalue weighted by atomic mass is 79.9. The number of halogens is 1. The van der Waals surface area contributed by atoms with E-state index in [2.05, 4.69) is 26.0 Å². The average molecular weight is 300 g/mol. The number of aliphatic hydroxyl groups excluding tert-OH is 2. The van der Waals surface area contributed by atoms with Gasteiger partial charge in [-0.15, -0.1) is 0 Å². The van der Waals surface area contributed by atoms with Gasteiger partial charge in [-0.3, -0.25) is 0 Å². The molecule has 1 aromatic rings. The van der Waals surface area contributed by atoms with Crippen LogP contribution in [0, 0.1) is 0 Å². The predicted molar refractivity (Wildman–Crippen MR) is 68.7 cm³/mol. The van der Waals surface area contributed by atoms with E-state index in [1.807, 2.05) is 12.1 Å². The second-order valence-electron chi connectivity index (χ2n) is 3.63. The largest absolute Gasteiger partial charge is 0.390 e. The minimum atomic E-state index is -0.951. The normalized spacial score (nSPS) is 13.8. The molecule has 17 heavy (non-hydrogen) atoms. The number of nitrogens with zero attached hydrogens (tertiary/aromatic N) is 3. The topological polar surface area (TPSA) is 89.2 Å². The van der Waals surface area contributed by atoms with Crippen molar-refractivity contribution in [2.75, 3.05) is 6.54 Å². The lowest BCUT2D eigenvalue weighted by Gasteiger charge is -2.17. The summed E-state index contributed by atoms with van der Waals surface area (Å²) in [6, 6.07) is 7.32. The van der Waals surface area contributed by atoms with Crippen LogP contribution in [0.15, 0.2) is 29.4 Å². The van der Waals surface area contributed by atoms with Crippen molar-refractivity contribution in [1.29, 1.82) is 0 Å². The Balaban J connectivity index is 2.60. The van der Waals surface area contributed by atoms with Crippen molar-refractivity contribution in [1.82, 2.24) is 0 Å². The van der Waals surface area contributed by atoms with E-state index in [4.69, 9.17) is 5.53 Å². The molecule has 0 bridgehead atoms. The molecule has 92 valence electrons. The molecule has 2 atom stereocenters. The van der Waals surface area contributed by atoms with E-state index in [0.717, 1.165) is 10.9 Å². The van der Waals surface area contributed by atoms with Gasteiger partial charge in [0.25, 0.3) is 0 Å². The third kappa shape index (κ3) is 4.36. The fourth-order valence-corrected chi connectivity index (χ4v) is 1.79. The minimum Gasteiger partial charge on any atom is -0.390 e. The second kappa shape index (κ2) is 7.29. The Bertz CT molecular complexity index is 390. The van der Waals surface area contributed by atoms with Crippen molar-refractivity contribution in [3.63, 3.8) is 0 Å². The van der Waals surface area contributed by atoms with Gasteiger partial charge in [0.05, 0.1) is 6.10 Å². The molecule has 0 aliphatic carbocycles. The zero-order valence-electron chi connectivity index (χ0n) is 9.20. The fraction of sp³-hybridized carbons (Fsp3) is 0.455. The molecule has 0 aliphatic heterocycles. The van der Waals surface area contributed by atoms with Crippen molar-refractivity contribution in [3.05, 3.63) is 45.8 Å². The zero-order chi connectivity index (χ0) is 12.7. The van der Waals surface area contributed by atoms with Gasteiger partial charge < -0.3 is 10.2 Å². The fourth-order valence-electron chi connectivity index (χ4n) is 1.42. The molecule has 0 saturated heterocycles. The Kier molecular flexibility index (Phi) is 6.00.